The van der Waals surface area contributed by atoms with E-state index in [1.54, 1.807) is 0 Å². The first-order valence-electron chi connectivity index (χ1n) is 4.09. The van der Waals surface area contributed by atoms with E-state index in [-0.39, 0.29) is 19.4 Å². The van der Waals surface area contributed by atoms with Crippen LogP contribution in [0.2, 0.25) is 0 Å². The Kier molecular flexibility index (Phi) is 2.85. The van der Waals surface area contributed by atoms with Gasteiger partial charge in [-0.2, -0.15) is 0 Å². The fraction of sp³-hybridized carbons (Fsp3) is 0.875. The summed E-state index contributed by atoms with van der Waals surface area (Å²) in [6.45, 7) is -0.266. The Balaban J connectivity index is 2.41. The van der Waals surface area contributed by atoms with Crippen molar-refractivity contribution in [1.29, 1.82) is 0 Å². The van der Waals surface area contributed by atoms with Gasteiger partial charge in [0.05, 0.1) is 13.5 Å². The second kappa shape index (κ2) is 3.57. The van der Waals surface area contributed by atoms with E-state index in [1.165, 1.54) is 7.11 Å². The molecular formula is C8H12F2O3. The summed E-state index contributed by atoms with van der Waals surface area (Å²) in [5.74, 6) is -5.20. The Bertz CT molecular complexity index is 206. The largest absolute Gasteiger partial charge is 0.469 e. The SMILES string of the molecule is COC(=O)C[C@@H]1[C@@H](CCO)C1(F)F. The summed E-state index contributed by atoms with van der Waals surface area (Å²) < 4.78 is 29.9. The van der Waals surface area contributed by atoms with Gasteiger partial charge in [0.25, 0.3) is 5.92 Å². The van der Waals surface area contributed by atoms with Crippen molar-refractivity contribution in [3.05, 3.63) is 0 Å². The molecule has 2 atom stereocenters. The van der Waals surface area contributed by atoms with Gasteiger partial charge in [-0.25, -0.2) is 8.78 Å². The molecule has 5 heteroatoms. The monoisotopic (exact) mass is 194 g/mol. The molecule has 0 amide bonds. The van der Waals surface area contributed by atoms with E-state index in [2.05, 4.69) is 4.74 Å². The van der Waals surface area contributed by atoms with Gasteiger partial charge in [0.2, 0.25) is 0 Å². The van der Waals surface area contributed by atoms with Crippen LogP contribution in [-0.4, -0.2) is 30.7 Å². The molecule has 3 nitrogen and oxygen atoms in total. The number of hydrogen-bond acceptors (Lipinski definition) is 3. The standard InChI is InChI=1S/C8H12F2O3/c1-13-7(12)4-6-5(2-3-11)8(6,9)10/h5-6,11H,2-4H2,1H3/t5-,6-/m1/s1. The number of alkyl halides is 2. The summed E-state index contributed by atoms with van der Waals surface area (Å²) in [5.41, 5.74) is 0. The minimum atomic E-state index is -2.79. The van der Waals surface area contributed by atoms with Crippen molar-refractivity contribution in [3.8, 4) is 0 Å². The number of carbonyl (C=O) groups is 1. The maximum absolute atomic E-state index is 12.8. The molecule has 0 bridgehead atoms. The topological polar surface area (TPSA) is 46.5 Å². The van der Waals surface area contributed by atoms with E-state index >= 15 is 0 Å². The lowest BCUT2D eigenvalue weighted by atomic mass is 10.2. The zero-order valence-electron chi connectivity index (χ0n) is 7.30. The fourth-order valence-corrected chi connectivity index (χ4v) is 1.53. The summed E-state index contributed by atoms with van der Waals surface area (Å²) in [5, 5.41) is 8.47. The van der Waals surface area contributed by atoms with E-state index in [0.717, 1.165) is 0 Å². The van der Waals surface area contributed by atoms with Crippen LogP contribution in [0.4, 0.5) is 8.78 Å². The van der Waals surface area contributed by atoms with Crippen molar-refractivity contribution in [2.45, 2.75) is 18.8 Å². The third kappa shape index (κ3) is 1.96. The normalized spacial score (nSPS) is 29.8. The first kappa shape index (κ1) is 10.4. The molecule has 0 aromatic rings. The minimum absolute atomic E-state index is 0.0503. The van der Waals surface area contributed by atoms with Crippen molar-refractivity contribution in [1.82, 2.24) is 0 Å². The number of carbonyl (C=O) groups excluding carboxylic acids is 1. The van der Waals surface area contributed by atoms with Gasteiger partial charge in [-0.15, -0.1) is 0 Å². The molecule has 1 fully saturated rings. The van der Waals surface area contributed by atoms with Gasteiger partial charge in [-0.05, 0) is 6.42 Å². The molecule has 0 unspecified atom stereocenters. The van der Waals surface area contributed by atoms with Gasteiger partial charge in [-0.1, -0.05) is 0 Å². The lowest BCUT2D eigenvalue weighted by Gasteiger charge is -1.95. The lowest BCUT2D eigenvalue weighted by molar-refractivity contribution is -0.141. The van der Waals surface area contributed by atoms with Crippen LogP contribution in [0.25, 0.3) is 0 Å². The molecule has 0 aromatic heterocycles. The van der Waals surface area contributed by atoms with Crippen molar-refractivity contribution in [2.24, 2.45) is 11.8 Å². The van der Waals surface area contributed by atoms with E-state index in [9.17, 15) is 13.6 Å². The van der Waals surface area contributed by atoms with Gasteiger partial charge in [-0.3, -0.25) is 4.79 Å². The second-order valence-corrected chi connectivity index (χ2v) is 3.18. The molecule has 1 aliphatic rings. The third-order valence-corrected chi connectivity index (χ3v) is 2.42. The Morgan fingerprint density at radius 1 is 1.54 bits per heavy atom. The molecule has 0 heterocycles. The highest BCUT2D eigenvalue weighted by Crippen LogP contribution is 2.58. The molecule has 0 saturated heterocycles. The van der Waals surface area contributed by atoms with Crippen molar-refractivity contribution < 1.29 is 23.4 Å². The third-order valence-electron chi connectivity index (χ3n) is 2.42. The van der Waals surface area contributed by atoms with Crippen molar-refractivity contribution in [2.75, 3.05) is 13.7 Å². The molecule has 0 aromatic carbocycles. The maximum atomic E-state index is 12.8. The lowest BCUT2D eigenvalue weighted by Crippen LogP contribution is -2.04. The zero-order chi connectivity index (χ0) is 10.1. The molecule has 0 spiro atoms. The molecule has 1 aliphatic carbocycles. The number of ether oxygens (including phenoxy) is 1. The average Bonchev–Trinajstić information content (AvgIpc) is 2.56. The van der Waals surface area contributed by atoms with Gasteiger partial charge < -0.3 is 9.84 Å². The number of hydrogen-bond donors (Lipinski definition) is 1. The predicted molar refractivity (Wildman–Crippen MR) is 40.3 cm³/mol. The summed E-state index contributed by atoms with van der Waals surface area (Å²) in [6.07, 6.45) is -0.206. The molecule has 76 valence electrons. The highest BCUT2D eigenvalue weighted by atomic mass is 19.3. The maximum Gasteiger partial charge on any atom is 0.306 e. The number of aliphatic hydroxyl groups is 1. The average molecular weight is 194 g/mol. The van der Waals surface area contributed by atoms with E-state index < -0.39 is 23.7 Å². The molecular weight excluding hydrogens is 182 g/mol. The van der Waals surface area contributed by atoms with Crippen LogP contribution in [-0.2, 0) is 9.53 Å². The fourth-order valence-electron chi connectivity index (χ4n) is 1.53. The number of methoxy groups -OCH3 is 1. The number of rotatable bonds is 4. The number of halogens is 2. The first-order chi connectivity index (χ1) is 6.04. The first-order valence-corrected chi connectivity index (χ1v) is 4.09. The molecule has 1 N–H and O–H groups in total. The van der Waals surface area contributed by atoms with Crippen LogP contribution in [0.5, 0.6) is 0 Å². The molecule has 0 radical (unpaired) electrons. The van der Waals surface area contributed by atoms with Gasteiger partial charge in [0, 0.05) is 18.4 Å². The van der Waals surface area contributed by atoms with E-state index in [4.69, 9.17) is 5.11 Å². The Labute approximate surface area is 74.7 Å². The van der Waals surface area contributed by atoms with Gasteiger partial charge in [0.15, 0.2) is 0 Å². The molecule has 13 heavy (non-hydrogen) atoms. The quantitative estimate of drug-likeness (QED) is 0.674. The van der Waals surface area contributed by atoms with Crippen LogP contribution in [0.3, 0.4) is 0 Å². The van der Waals surface area contributed by atoms with Crippen LogP contribution < -0.4 is 0 Å². The van der Waals surface area contributed by atoms with Gasteiger partial charge in [0.1, 0.15) is 0 Å². The molecule has 0 aliphatic heterocycles. The van der Waals surface area contributed by atoms with E-state index in [0.29, 0.717) is 0 Å². The van der Waals surface area contributed by atoms with Gasteiger partial charge >= 0.3 is 5.97 Å². The summed E-state index contributed by atoms with van der Waals surface area (Å²) in [4.78, 5) is 10.7. The Hall–Kier alpha value is -0.710. The van der Waals surface area contributed by atoms with Crippen LogP contribution >= 0.6 is 0 Å². The Morgan fingerprint density at radius 2 is 2.15 bits per heavy atom. The van der Waals surface area contributed by atoms with Crippen molar-refractivity contribution >= 4 is 5.97 Å². The minimum Gasteiger partial charge on any atom is -0.469 e. The zero-order valence-corrected chi connectivity index (χ0v) is 7.30. The van der Waals surface area contributed by atoms with Crippen molar-refractivity contribution in [3.63, 3.8) is 0 Å². The highest BCUT2D eigenvalue weighted by molar-refractivity contribution is 5.70. The predicted octanol–water partition coefficient (Wildman–Crippen LogP) is 0.813. The van der Waals surface area contributed by atoms with Crippen LogP contribution in [0.1, 0.15) is 12.8 Å². The van der Waals surface area contributed by atoms with Crippen LogP contribution in [0, 0.1) is 11.8 Å². The summed E-state index contributed by atoms with van der Waals surface area (Å²) >= 11 is 0. The Morgan fingerprint density at radius 3 is 2.62 bits per heavy atom. The smallest absolute Gasteiger partial charge is 0.306 e. The highest BCUT2D eigenvalue weighted by Gasteiger charge is 2.67. The molecule has 1 saturated carbocycles. The van der Waals surface area contributed by atoms with E-state index in [1.807, 2.05) is 0 Å². The number of esters is 1. The molecule has 1 rings (SSSR count). The number of aliphatic hydroxyl groups excluding tert-OH is 1. The summed E-state index contributed by atoms with van der Waals surface area (Å²) in [7, 11) is 1.17. The summed E-state index contributed by atoms with van der Waals surface area (Å²) in [6, 6.07) is 0. The second-order valence-electron chi connectivity index (χ2n) is 3.18. The van der Waals surface area contributed by atoms with Crippen LogP contribution in [0.15, 0.2) is 0 Å².